The molecule has 206 valence electrons. The fourth-order valence-corrected chi connectivity index (χ4v) is 5.55. The van der Waals surface area contributed by atoms with Crippen LogP contribution in [0.3, 0.4) is 0 Å². The molecule has 3 aromatic rings. The molecule has 2 aliphatic rings. The van der Waals surface area contributed by atoms with Crippen molar-refractivity contribution in [1.29, 1.82) is 0 Å². The number of carbonyl (C=O) groups excluding carboxylic acids is 1. The van der Waals surface area contributed by atoms with E-state index in [1.165, 1.54) is 24.1 Å². The smallest absolute Gasteiger partial charge is 0.416 e. The van der Waals surface area contributed by atoms with Crippen LogP contribution in [0.1, 0.15) is 23.1 Å². The van der Waals surface area contributed by atoms with E-state index in [1.54, 1.807) is 31.3 Å². The Hall–Kier alpha value is -4.08. The van der Waals surface area contributed by atoms with E-state index in [-0.39, 0.29) is 24.2 Å². The first kappa shape index (κ1) is 26.5. The van der Waals surface area contributed by atoms with Crippen LogP contribution >= 0.6 is 0 Å². The molecule has 3 aromatic carbocycles. The van der Waals surface area contributed by atoms with E-state index in [9.17, 15) is 18.0 Å². The van der Waals surface area contributed by atoms with Gasteiger partial charge in [-0.25, -0.2) is 4.79 Å². The van der Waals surface area contributed by atoms with Crippen molar-refractivity contribution in [2.75, 3.05) is 44.2 Å². The molecule has 0 N–H and O–H groups in total. The number of nitrogens with zero attached hydrogens (tertiary/aromatic N) is 3. The number of benzene rings is 3. The van der Waals surface area contributed by atoms with Crippen molar-refractivity contribution in [3.8, 4) is 17.2 Å². The minimum Gasteiger partial charge on any atom is -0.495 e. The lowest BCUT2D eigenvalue weighted by Crippen LogP contribution is -2.52. The standard InChI is InChI=1S/C29H30F3N3O4/c1-37-23-11-6-9-20-17-34(21-14-15-33(18-21)27-24(38-2)12-7-13-25(27)39-3)28(36)35(26(20)23)16-19-8-4-5-10-22(19)29(30,31)32/h4-13,21H,14-18H2,1-3H3/t21-/m1/s1. The van der Waals surface area contributed by atoms with Crippen LogP contribution in [0.2, 0.25) is 0 Å². The number of rotatable bonds is 7. The van der Waals surface area contributed by atoms with Crippen LogP contribution in [-0.4, -0.2) is 51.4 Å². The molecule has 0 bridgehead atoms. The minimum absolute atomic E-state index is 0.0175. The Balaban J connectivity index is 1.49. The summed E-state index contributed by atoms with van der Waals surface area (Å²) in [4.78, 5) is 19.3. The molecule has 7 nitrogen and oxygen atoms in total. The highest BCUT2D eigenvalue weighted by molar-refractivity contribution is 5.97. The van der Waals surface area contributed by atoms with Gasteiger partial charge in [0.25, 0.3) is 0 Å². The van der Waals surface area contributed by atoms with Crippen LogP contribution in [-0.2, 0) is 19.3 Å². The van der Waals surface area contributed by atoms with E-state index in [1.807, 2.05) is 30.3 Å². The zero-order valence-corrected chi connectivity index (χ0v) is 22.0. The molecule has 0 saturated carbocycles. The van der Waals surface area contributed by atoms with Crippen molar-refractivity contribution in [1.82, 2.24) is 4.90 Å². The topological polar surface area (TPSA) is 54.5 Å². The molecule has 10 heteroatoms. The third kappa shape index (κ3) is 4.91. The summed E-state index contributed by atoms with van der Waals surface area (Å²) in [7, 11) is 4.69. The number of fused-ring (bicyclic) bond motifs is 1. The number of halogens is 3. The van der Waals surface area contributed by atoms with Gasteiger partial charge in [-0.3, -0.25) is 4.90 Å². The lowest BCUT2D eigenvalue weighted by Gasteiger charge is -2.41. The molecule has 0 unspecified atom stereocenters. The molecule has 0 radical (unpaired) electrons. The van der Waals surface area contributed by atoms with Gasteiger partial charge in [-0.2, -0.15) is 13.2 Å². The number of methoxy groups -OCH3 is 3. The molecular weight excluding hydrogens is 511 g/mol. The van der Waals surface area contributed by atoms with Crippen LogP contribution in [0, 0.1) is 0 Å². The normalized spacial score (nSPS) is 17.3. The first-order valence-corrected chi connectivity index (χ1v) is 12.6. The lowest BCUT2D eigenvalue weighted by molar-refractivity contribution is -0.138. The maximum absolute atomic E-state index is 14.0. The molecule has 0 aliphatic carbocycles. The Kier molecular flexibility index (Phi) is 7.20. The molecule has 1 fully saturated rings. The van der Waals surface area contributed by atoms with Gasteiger partial charge in [0.05, 0.1) is 45.2 Å². The third-order valence-electron chi connectivity index (χ3n) is 7.36. The van der Waals surface area contributed by atoms with Crippen molar-refractivity contribution >= 4 is 17.4 Å². The van der Waals surface area contributed by atoms with Crippen LogP contribution in [0.25, 0.3) is 0 Å². The Morgan fingerprint density at radius 1 is 0.846 bits per heavy atom. The van der Waals surface area contributed by atoms with Gasteiger partial charge in [0, 0.05) is 19.6 Å². The van der Waals surface area contributed by atoms with E-state index in [4.69, 9.17) is 14.2 Å². The quantitative estimate of drug-likeness (QED) is 0.370. The average molecular weight is 542 g/mol. The van der Waals surface area contributed by atoms with Crippen molar-refractivity contribution in [3.05, 3.63) is 77.4 Å². The first-order valence-electron chi connectivity index (χ1n) is 12.6. The van der Waals surface area contributed by atoms with E-state index >= 15 is 0 Å². The summed E-state index contributed by atoms with van der Waals surface area (Å²) in [5.41, 5.74) is 1.38. The molecule has 1 atom stereocenters. The average Bonchev–Trinajstić information content (AvgIpc) is 3.42. The summed E-state index contributed by atoms with van der Waals surface area (Å²) in [5.74, 6) is 1.78. The summed E-state index contributed by atoms with van der Waals surface area (Å²) in [6, 6.07) is 15.8. The van der Waals surface area contributed by atoms with Gasteiger partial charge in [-0.15, -0.1) is 0 Å². The number of anilines is 2. The SMILES string of the molecule is COc1cccc(OC)c1N1CC[C@@H](N2Cc3cccc(OC)c3N(Cc3ccccc3C(F)(F)F)C2=O)C1. The van der Waals surface area contributed by atoms with Gasteiger partial charge in [0.15, 0.2) is 0 Å². The van der Waals surface area contributed by atoms with E-state index in [0.29, 0.717) is 49.0 Å². The van der Waals surface area contributed by atoms with Crippen molar-refractivity contribution in [2.45, 2.75) is 31.7 Å². The number of hydrogen-bond donors (Lipinski definition) is 0. The predicted octanol–water partition coefficient (Wildman–Crippen LogP) is 5.95. The fraction of sp³-hybridized carbons (Fsp3) is 0.345. The Labute approximate surface area is 225 Å². The number of ether oxygens (including phenoxy) is 3. The molecular formula is C29H30F3N3O4. The van der Waals surface area contributed by atoms with Gasteiger partial charge in [0.2, 0.25) is 0 Å². The van der Waals surface area contributed by atoms with Crippen LogP contribution in [0.4, 0.5) is 29.3 Å². The number of hydrogen-bond acceptors (Lipinski definition) is 5. The Morgan fingerprint density at radius 2 is 1.46 bits per heavy atom. The van der Waals surface area contributed by atoms with Gasteiger partial charge in [0.1, 0.15) is 22.9 Å². The minimum atomic E-state index is -4.54. The molecule has 2 heterocycles. The molecule has 2 aliphatic heterocycles. The zero-order chi connectivity index (χ0) is 27.7. The second kappa shape index (κ2) is 10.6. The second-order valence-corrected chi connectivity index (χ2v) is 9.52. The van der Waals surface area contributed by atoms with Crippen molar-refractivity contribution in [3.63, 3.8) is 0 Å². The predicted molar refractivity (Wildman–Crippen MR) is 142 cm³/mol. The zero-order valence-electron chi connectivity index (χ0n) is 22.0. The molecule has 1 saturated heterocycles. The van der Waals surface area contributed by atoms with Gasteiger partial charge >= 0.3 is 12.2 Å². The molecule has 5 rings (SSSR count). The number of alkyl halides is 3. The van der Waals surface area contributed by atoms with Gasteiger partial charge in [-0.1, -0.05) is 36.4 Å². The Morgan fingerprint density at radius 3 is 2.10 bits per heavy atom. The summed E-state index contributed by atoms with van der Waals surface area (Å²) in [5, 5.41) is 0. The highest BCUT2D eigenvalue weighted by Crippen LogP contribution is 2.43. The monoisotopic (exact) mass is 541 g/mol. The highest BCUT2D eigenvalue weighted by Gasteiger charge is 2.41. The van der Waals surface area contributed by atoms with Gasteiger partial charge < -0.3 is 24.0 Å². The van der Waals surface area contributed by atoms with Crippen molar-refractivity contribution < 1.29 is 32.2 Å². The Bertz CT molecular complexity index is 1340. The largest absolute Gasteiger partial charge is 0.495 e. The summed E-state index contributed by atoms with van der Waals surface area (Å²) in [6.07, 6.45) is -3.86. The summed E-state index contributed by atoms with van der Waals surface area (Å²) in [6.45, 7) is 1.27. The van der Waals surface area contributed by atoms with E-state index in [0.717, 1.165) is 17.3 Å². The number of para-hydroxylation sites is 2. The van der Waals surface area contributed by atoms with Crippen LogP contribution in [0.5, 0.6) is 17.2 Å². The number of amides is 2. The number of urea groups is 1. The fourth-order valence-electron chi connectivity index (χ4n) is 5.55. The second-order valence-electron chi connectivity index (χ2n) is 9.52. The summed E-state index contributed by atoms with van der Waals surface area (Å²) < 4.78 is 58.2. The maximum atomic E-state index is 14.0. The third-order valence-corrected chi connectivity index (χ3v) is 7.36. The van der Waals surface area contributed by atoms with Gasteiger partial charge in [-0.05, 0) is 41.8 Å². The van der Waals surface area contributed by atoms with Crippen molar-refractivity contribution in [2.24, 2.45) is 0 Å². The molecule has 39 heavy (non-hydrogen) atoms. The lowest BCUT2D eigenvalue weighted by atomic mass is 10.0. The molecule has 2 amide bonds. The first-order chi connectivity index (χ1) is 18.8. The maximum Gasteiger partial charge on any atom is 0.416 e. The van der Waals surface area contributed by atoms with E-state index < -0.39 is 11.7 Å². The molecule has 0 spiro atoms. The highest BCUT2D eigenvalue weighted by atomic mass is 19.4. The number of carbonyl (C=O) groups is 1. The summed E-state index contributed by atoms with van der Waals surface area (Å²) >= 11 is 0. The molecule has 0 aromatic heterocycles. The van der Waals surface area contributed by atoms with Crippen LogP contribution in [0.15, 0.2) is 60.7 Å². The van der Waals surface area contributed by atoms with Crippen LogP contribution < -0.4 is 24.0 Å². The van der Waals surface area contributed by atoms with E-state index in [2.05, 4.69) is 4.90 Å².